The smallest absolute Gasteiger partial charge is 0.254 e. The fourth-order valence-electron chi connectivity index (χ4n) is 2.16. The first-order valence-corrected chi connectivity index (χ1v) is 9.24. The minimum absolute atomic E-state index is 0.205. The third-order valence-corrected chi connectivity index (χ3v) is 4.71. The third-order valence-electron chi connectivity index (χ3n) is 3.43. The average Bonchev–Trinajstić information content (AvgIpc) is 2.52. The summed E-state index contributed by atoms with van der Waals surface area (Å²) < 4.78 is 0. The van der Waals surface area contributed by atoms with Crippen LogP contribution in [0.3, 0.4) is 0 Å². The van der Waals surface area contributed by atoms with E-state index in [0.29, 0.717) is 0 Å². The molecule has 0 fully saturated rings. The van der Waals surface area contributed by atoms with Gasteiger partial charge in [-0.2, -0.15) is 0 Å². The van der Waals surface area contributed by atoms with Crippen molar-refractivity contribution in [2.45, 2.75) is 57.8 Å². The Kier molecular flexibility index (Phi) is 9.24. The summed E-state index contributed by atoms with van der Waals surface area (Å²) in [6.45, 7) is 8.28. The van der Waals surface area contributed by atoms with Crippen molar-refractivity contribution < 1.29 is 4.79 Å². The Balaban J connectivity index is 2.85. The fraction of sp³-hybridized carbons (Fsp3) is 0.611. The van der Waals surface area contributed by atoms with Gasteiger partial charge in [-0.25, -0.2) is 0 Å². The summed E-state index contributed by atoms with van der Waals surface area (Å²) in [7, 11) is 0. The summed E-state index contributed by atoms with van der Waals surface area (Å²) in [5.41, 5.74) is 0.878. The molecule has 0 unspecified atom stereocenters. The van der Waals surface area contributed by atoms with Crippen molar-refractivity contribution in [1.29, 1.82) is 0 Å². The van der Waals surface area contributed by atoms with Crippen LogP contribution in [0.15, 0.2) is 29.2 Å². The molecule has 1 amide bonds. The average molecular weight is 308 g/mol. The van der Waals surface area contributed by atoms with Crippen LogP contribution in [0.4, 0.5) is 0 Å². The van der Waals surface area contributed by atoms with Gasteiger partial charge >= 0.3 is 0 Å². The van der Waals surface area contributed by atoms with Crippen LogP contribution in [-0.4, -0.2) is 29.6 Å². The Labute approximate surface area is 134 Å². The highest BCUT2D eigenvalue weighted by Crippen LogP contribution is 2.24. The molecule has 21 heavy (non-hydrogen) atoms. The highest BCUT2D eigenvalue weighted by Gasteiger charge is 2.17. The van der Waals surface area contributed by atoms with Crippen molar-refractivity contribution in [3.05, 3.63) is 29.8 Å². The van der Waals surface area contributed by atoms with Gasteiger partial charge in [0.15, 0.2) is 0 Å². The first-order chi connectivity index (χ1) is 10.2. The molecule has 0 bridgehead atoms. The highest BCUT2D eigenvalue weighted by atomic mass is 32.2. The Morgan fingerprint density at radius 2 is 1.62 bits per heavy atom. The normalized spacial score (nSPS) is 10.6. The van der Waals surface area contributed by atoms with E-state index in [0.717, 1.165) is 61.4 Å². The van der Waals surface area contributed by atoms with Crippen LogP contribution in [0, 0.1) is 0 Å². The molecule has 0 atom stereocenters. The molecule has 0 aliphatic heterocycles. The quantitative estimate of drug-likeness (QED) is 0.552. The Bertz CT molecular complexity index is 411. The number of hydrogen-bond donors (Lipinski definition) is 0. The Morgan fingerprint density at radius 3 is 2.19 bits per heavy atom. The second kappa shape index (κ2) is 10.7. The van der Waals surface area contributed by atoms with Gasteiger partial charge in [0.2, 0.25) is 0 Å². The van der Waals surface area contributed by atoms with E-state index in [4.69, 9.17) is 0 Å². The van der Waals surface area contributed by atoms with Crippen molar-refractivity contribution in [3.63, 3.8) is 0 Å². The van der Waals surface area contributed by atoms with E-state index in [9.17, 15) is 4.79 Å². The number of unbranched alkanes of at least 4 members (excludes halogenated alkanes) is 2. The van der Waals surface area contributed by atoms with Crippen LogP contribution in [0.5, 0.6) is 0 Å². The van der Waals surface area contributed by atoms with Crippen molar-refractivity contribution >= 4 is 17.7 Å². The fourth-order valence-corrected chi connectivity index (χ4v) is 3.07. The van der Waals surface area contributed by atoms with Gasteiger partial charge in [-0.15, -0.1) is 11.8 Å². The summed E-state index contributed by atoms with van der Waals surface area (Å²) in [5.74, 6) is 1.27. The van der Waals surface area contributed by atoms with Gasteiger partial charge in [0, 0.05) is 18.0 Å². The van der Waals surface area contributed by atoms with Crippen LogP contribution in [-0.2, 0) is 0 Å². The van der Waals surface area contributed by atoms with Crippen molar-refractivity contribution in [2.24, 2.45) is 0 Å². The van der Waals surface area contributed by atoms with Gasteiger partial charge in [0.1, 0.15) is 0 Å². The molecule has 2 nitrogen and oxygen atoms in total. The number of benzene rings is 1. The lowest BCUT2D eigenvalue weighted by Gasteiger charge is -2.23. The van der Waals surface area contributed by atoms with E-state index < -0.39 is 0 Å². The van der Waals surface area contributed by atoms with E-state index >= 15 is 0 Å². The van der Waals surface area contributed by atoms with E-state index in [1.165, 1.54) is 0 Å². The lowest BCUT2D eigenvalue weighted by Crippen LogP contribution is -2.33. The first-order valence-electron chi connectivity index (χ1n) is 8.25. The number of nitrogens with zero attached hydrogens (tertiary/aromatic N) is 1. The molecular formula is C18H29NOS. The van der Waals surface area contributed by atoms with E-state index in [-0.39, 0.29) is 5.91 Å². The largest absolute Gasteiger partial charge is 0.339 e. The second-order valence-corrected chi connectivity index (χ2v) is 6.48. The summed E-state index contributed by atoms with van der Waals surface area (Å²) in [4.78, 5) is 16.0. The maximum Gasteiger partial charge on any atom is 0.254 e. The zero-order valence-corrected chi connectivity index (χ0v) is 14.5. The predicted octanol–water partition coefficient (Wildman–Crippen LogP) is 5.23. The summed E-state index contributed by atoms with van der Waals surface area (Å²) >= 11 is 1.79. The molecule has 1 aromatic carbocycles. The predicted molar refractivity (Wildman–Crippen MR) is 93.2 cm³/mol. The van der Waals surface area contributed by atoms with Gasteiger partial charge in [-0.05, 0) is 37.1 Å². The molecule has 1 aromatic rings. The monoisotopic (exact) mass is 307 g/mol. The van der Waals surface area contributed by atoms with Crippen LogP contribution >= 0.6 is 11.8 Å². The number of carbonyl (C=O) groups is 1. The van der Waals surface area contributed by atoms with E-state index in [1.807, 2.05) is 23.1 Å². The molecule has 0 spiro atoms. The highest BCUT2D eigenvalue weighted by molar-refractivity contribution is 7.99. The van der Waals surface area contributed by atoms with Gasteiger partial charge in [-0.3, -0.25) is 4.79 Å². The molecule has 0 aliphatic carbocycles. The number of hydrogen-bond acceptors (Lipinski definition) is 2. The molecule has 0 N–H and O–H groups in total. The van der Waals surface area contributed by atoms with Crippen molar-refractivity contribution in [3.8, 4) is 0 Å². The summed E-state index contributed by atoms with van der Waals surface area (Å²) in [6, 6.07) is 8.05. The number of rotatable bonds is 10. The number of thioether (sulfide) groups is 1. The van der Waals surface area contributed by atoms with Crippen molar-refractivity contribution in [1.82, 2.24) is 4.90 Å². The molecule has 0 radical (unpaired) electrons. The molecule has 0 aliphatic rings. The van der Waals surface area contributed by atoms with E-state index in [1.54, 1.807) is 11.8 Å². The number of carbonyl (C=O) groups excluding carboxylic acids is 1. The van der Waals surface area contributed by atoms with Crippen molar-refractivity contribution in [2.75, 3.05) is 18.8 Å². The molecule has 3 heteroatoms. The maximum absolute atomic E-state index is 12.9. The molecule has 0 saturated heterocycles. The van der Waals surface area contributed by atoms with Crippen LogP contribution < -0.4 is 0 Å². The molecular weight excluding hydrogens is 278 g/mol. The van der Waals surface area contributed by atoms with Crippen LogP contribution in [0.1, 0.15) is 63.2 Å². The molecule has 1 rings (SSSR count). The number of amides is 1. The lowest BCUT2D eigenvalue weighted by molar-refractivity contribution is 0.0747. The standard InChI is InChI=1S/C18H29NOS/c1-4-7-13-19(14-8-5-2)18(20)16-11-9-10-12-17(16)21-15-6-3/h9-12H,4-8,13-15H2,1-3H3. The van der Waals surface area contributed by atoms with Gasteiger partial charge < -0.3 is 4.90 Å². The van der Waals surface area contributed by atoms with E-state index in [2.05, 4.69) is 26.8 Å². The van der Waals surface area contributed by atoms with Gasteiger partial charge in [0.25, 0.3) is 5.91 Å². The second-order valence-electron chi connectivity index (χ2n) is 5.34. The SMILES string of the molecule is CCCCN(CCCC)C(=O)c1ccccc1SCCC. The summed E-state index contributed by atoms with van der Waals surface area (Å²) in [5, 5.41) is 0. The molecule has 0 heterocycles. The zero-order valence-electron chi connectivity index (χ0n) is 13.7. The zero-order chi connectivity index (χ0) is 15.5. The van der Waals surface area contributed by atoms with Crippen LogP contribution in [0.2, 0.25) is 0 Å². The Hall–Kier alpha value is -0.960. The van der Waals surface area contributed by atoms with Crippen LogP contribution in [0.25, 0.3) is 0 Å². The minimum Gasteiger partial charge on any atom is -0.339 e. The molecule has 0 aromatic heterocycles. The molecule has 118 valence electrons. The minimum atomic E-state index is 0.205. The van der Waals surface area contributed by atoms with Gasteiger partial charge in [-0.1, -0.05) is 45.7 Å². The summed E-state index contributed by atoms with van der Waals surface area (Å²) in [6.07, 6.45) is 5.55. The first kappa shape index (κ1) is 18.1. The lowest BCUT2D eigenvalue weighted by atomic mass is 10.1. The third kappa shape index (κ3) is 6.13. The Morgan fingerprint density at radius 1 is 1.00 bits per heavy atom. The maximum atomic E-state index is 12.9. The molecule has 0 saturated carbocycles. The van der Waals surface area contributed by atoms with Gasteiger partial charge in [0.05, 0.1) is 5.56 Å². The topological polar surface area (TPSA) is 20.3 Å².